The van der Waals surface area contributed by atoms with E-state index in [0.29, 0.717) is 24.4 Å². The molecule has 3 aromatic rings. The Morgan fingerprint density at radius 1 is 1.09 bits per heavy atom. The highest BCUT2D eigenvalue weighted by molar-refractivity contribution is 5.92. The molecule has 0 fully saturated rings. The van der Waals surface area contributed by atoms with Gasteiger partial charge in [0.05, 0.1) is 26.1 Å². The first kappa shape index (κ1) is 24.3. The molecule has 2 amide bonds. The first-order chi connectivity index (χ1) is 17.0. The normalized spacial score (nSPS) is 16.0. The molecular formula is C29H32N2O4. The van der Waals surface area contributed by atoms with Crippen molar-refractivity contribution in [2.45, 2.75) is 51.8 Å². The molecule has 3 aromatic carbocycles. The molecule has 6 nitrogen and oxygen atoms in total. The first-order valence-corrected chi connectivity index (χ1v) is 12.1. The van der Waals surface area contributed by atoms with Crippen LogP contribution in [-0.4, -0.2) is 29.9 Å². The van der Waals surface area contributed by atoms with Crippen LogP contribution in [0.4, 0.5) is 5.69 Å². The number of ether oxygens (including phenoxy) is 2. The van der Waals surface area contributed by atoms with Gasteiger partial charge in [-0.25, -0.2) is 0 Å². The van der Waals surface area contributed by atoms with E-state index in [2.05, 4.69) is 24.4 Å². The fourth-order valence-electron chi connectivity index (χ4n) is 4.51. The zero-order chi connectivity index (χ0) is 24.8. The average molecular weight is 473 g/mol. The number of hydrogen-bond acceptors (Lipinski definition) is 4. The highest BCUT2D eigenvalue weighted by Gasteiger charge is 2.34. The van der Waals surface area contributed by atoms with Gasteiger partial charge in [-0.05, 0) is 54.3 Å². The van der Waals surface area contributed by atoms with Gasteiger partial charge in [-0.1, -0.05) is 56.3 Å². The molecule has 0 aliphatic carbocycles. The van der Waals surface area contributed by atoms with Crippen molar-refractivity contribution in [1.29, 1.82) is 0 Å². The van der Waals surface area contributed by atoms with Crippen molar-refractivity contribution in [1.82, 2.24) is 4.90 Å². The second-order valence-corrected chi connectivity index (χ2v) is 8.71. The lowest BCUT2D eigenvalue weighted by atomic mass is 10.0. The SMILES string of the molecule is CC[C@H](c1ccccc1)N1Cc2cc(NC(=O)Cc3ccc(OC)cc3)ccc2O[C@H](CC)C1=O. The summed E-state index contributed by atoms with van der Waals surface area (Å²) in [4.78, 5) is 28.1. The van der Waals surface area contributed by atoms with E-state index in [1.54, 1.807) is 7.11 Å². The highest BCUT2D eigenvalue weighted by atomic mass is 16.5. The van der Waals surface area contributed by atoms with Crippen LogP contribution in [0.3, 0.4) is 0 Å². The van der Waals surface area contributed by atoms with Gasteiger partial charge in [0.15, 0.2) is 6.10 Å². The molecule has 2 atom stereocenters. The van der Waals surface area contributed by atoms with E-state index in [0.717, 1.165) is 28.9 Å². The van der Waals surface area contributed by atoms with Gasteiger partial charge in [0.2, 0.25) is 5.91 Å². The van der Waals surface area contributed by atoms with Gasteiger partial charge < -0.3 is 19.7 Å². The smallest absolute Gasteiger partial charge is 0.264 e. The van der Waals surface area contributed by atoms with E-state index in [1.807, 2.05) is 72.5 Å². The summed E-state index contributed by atoms with van der Waals surface area (Å²) in [5.41, 5.74) is 3.56. The molecule has 0 saturated heterocycles. The number of amides is 2. The van der Waals surface area contributed by atoms with E-state index >= 15 is 0 Å². The molecule has 4 rings (SSSR count). The lowest BCUT2D eigenvalue weighted by molar-refractivity contribution is -0.141. The third kappa shape index (κ3) is 5.65. The second kappa shape index (κ2) is 11.1. The molecule has 0 saturated carbocycles. The lowest BCUT2D eigenvalue weighted by Gasteiger charge is -2.32. The number of nitrogens with one attached hydrogen (secondary N) is 1. The average Bonchev–Trinajstić information content (AvgIpc) is 3.01. The molecular weight excluding hydrogens is 440 g/mol. The monoisotopic (exact) mass is 472 g/mol. The molecule has 0 aromatic heterocycles. The van der Waals surface area contributed by atoms with Gasteiger partial charge in [-0.3, -0.25) is 9.59 Å². The Morgan fingerprint density at radius 2 is 1.83 bits per heavy atom. The number of anilines is 1. The van der Waals surface area contributed by atoms with Crippen molar-refractivity contribution < 1.29 is 19.1 Å². The van der Waals surface area contributed by atoms with E-state index in [-0.39, 0.29) is 24.3 Å². The Morgan fingerprint density at radius 3 is 2.49 bits per heavy atom. The van der Waals surface area contributed by atoms with Crippen LogP contribution < -0.4 is 14.8 Å². The minimum atomic E-state index is -0.537. The van der Waals surface area contributed by atoms with Crippen molar-refractivity contribution in [3.8, 4) is 11.5 Å². The molecule has 1 heterocycles. The largest absolute Gasteiger partial charge is 0.497 e. The zero-order valence-electron chi connectivity index (χ0n) is 20.5. The van der Waals surface area contributed by atoms with E-state index in [1.165, 1.54) is 0 Å². The Balaban J connectivity index is 1.56. The number of carbonyl (C=O) groups excluding carboxylic acids is 2. The van der Waals surface area contributed by atoms with Gasteiger partial charge in [0.25, 0.3) is 5.91 Å². The van der Waals surface area contributed by atoms with Crippen LogP contribution in [0.25, 0.3) is 0 Å². The molecule has 0 spiro atoms. The van der Waals surface area contributed by atoms with Crippen molar-refractivity contribution in [3.63, 3.8) is 0 Å². The zero-order valence-corrected chi connectivity index (χ0v) is 20.5. The maximum Gasteiger partial charge on any atom is 0.264 e. The van der Waals surface area contributed by atoms with Crippen LogP contribution in [0, 0.1) is 0 Å². The van der Waals surface area contributed by atoms with Crippen LogP contribution in [-0.2, 0) is 22.6 Å². The van der Waals surface area contributed by atoms with E-state index in [9.17, 15) is 9.59 Å². The number of hydrogen-bond donors (Lipinski definition) is 1. The maximum atomic E-state index is 13.5. The topological polar surface area (TPSA) is 67.9 Å². The molecule has 1 aliphatic heterocycles. The number of fused-ring (bicyclic) bond motifs is 1. The van der Waals surface area contributed by atoms with Crippen LogP contribution in [0.1, 0.15) is 49.4 Å². The van der Waals surface area contributed by atoms with Crippen LogP contribution in [0.2, 0.25) is 0 Å². The summed E-state index contributed by atoms with van der Waals surface area (Å²) in [7, 11) is 1.61. The number of rotatable bonds is 8. The molecule has 182 valence electrons. The minimum absolute atomic E-state index is 0.00973. The molecule has 35 heavy (non-hydrogen) atoms. The van der Waals surface area contributed by atoms with E-state index < -0.39 is 6.10 Å². The van der Waals surface area contributed by atoms with Crippen molar-refractivity contribution in [2.75, 3.05) is 12.4 Å². The van der Waals surface area contributed by atoms with Crippen molar-refractivity contribution in [2.24, 2.45) is 0 Å². The summed E-state index contributed by atoms with van der Waals surface area (Å²) in [5, 5.41) is 2.99. The Labute approximate surface area is 206 Å². The van der Waals surface area contributed by atoms with Gasteiger partial charge >= 0.3 is 0 Å². The van der Waals surface area contributed by atoms with Crippen LogP contribution in [0.15, 0.2) is 72.8 Å². The number of carbonyl (C=O) groups is 2. The Hall–Kier alpha value is -3.80. The van der Waals surface area contributed by atoms with Gasteiger partial charge in [-0.2, -0.15) is 0 Å². The summed E-state index contributed by atoms with van der Waals surface area (Å²) in [6.45, 7) is 4.47. The third-order valence-electron chi connectivity index (χ3n) is 6.35. The first-order valence-electron chi connectivity index (χ1n) is 12.1. The van der Waals surface area contributed by atoms with Crippen molar-refractivity contribution in [3.05, 3.63) is 89.5 Å². The number of nitrogens with zero attached hydrogens (tertiary/aromatic N) is 1. The fourth-order valence-corrected chi connectivity index (χ4v) is 4.51. The summed E-state index contributed by atoms with van der Waals surface area (Å²) in [6.07, 6.45) is 1.09. The second-order valence-electron chi connectivity index (χ2n) is 8.71. The van der Waals surface area contributed by atoms with Gasteiger partial charge in [-0.15, -0.1) is 0 Å². The number of methoxy groups -OCH3 is 1. The number of benzene rings is 3. The van der Waals surface area contributed by atoms with Crippen LogP contribution in [0.5, 0.6) is 11.5 Å². The van der Waals surface area contributed by atoms with Crippen molar-refractivity contribution >= 4 is 17.5 Å². The molecule has 6 heteroatoms. The van der Waals surface area contributed by atoms with Gasteiger partial charge in [0.1, 0.15) is 11.5 Å². The Bertz CT molecular complexity index is 1160. The summed E-state index contributed by atoms with van der Waals surface area (Å²) in [5.74, 6) is 1.32. The van der Waals surface area contributed by atoms with E-state index in [4.69, 9.17) is 9.47 Å². The minimum Gasteiger partial charge on any atom is -0.497 e. The standard InChI is InChI=1S/C29H32N2O4/c1-4-25(21-9-7-6-8-10-21)31-19-22-18-23(13-16-27(22)35-26(5-2)29(31)33)30-28(32)17-20-11-14-24(34-3)15-12-20/h6-16,18,25-26H,4-5,17,19H2,1-3H3,(H,30,32)/t25-,26-/m1/s1. The summed E-state index contributed by atoms with van der Waals surface area (Å²) in [6, 6.07) is 23.1. The lowest BCUT2D eigenvalue weighted by Crippen LogP contribution is -2.41. The fraction of sp³-hybridized carbons (Fsp3) is 0.310. The Kier molecular flexibility index (Phi) is 7.70. The summed E-state index contributed by atoms with van der Waals surface area (Å²) < 4.78 is 11.3. The molecule has 0 unspecified atom stereocenters. The molecule has 0 radical (unpaired) electrons. The predicted molar refractivity (Wildman–Crippen MR) is 137 cm³/mol. The third-order valence-corrected chi connectivity index (χ3v) is 6.35. The van der Waals surface area contributed by atoms with Gasteiger partial charge in [0, 0.05) is 11.3 Å². The predicted octanol–water partition coefficient (Wildman–Crippen LogP) is 5.53. The summed E-state index contributed by atoms with van der Waals surface area (Å²) >= 11 is 0. The van der Waals surface area contributed by atoms with Crippen LogP contribution >= 0.6 is 0 Å². The highest BCUT2D eigenvalue weighted by Crippen LogP contribution is 2.34. The molecule has 0 bridgehead atoms. The molecule has 1 aliphatic rings. The quantitative estimate of drug-likeness (QED) is 0.468. The maximum absolute atomic E-state index is 13.5. The molecule has 1 N–H and O–H groups in total.